The van der Waals surface area contributed by atoms with Crippen molar-refractivity contribution in [2.24, 2.45) is 0 Å². The minimum atomic E-state index is -0.0531. The van der Waals surface area contributed by atoms with Crippen molar-refractivity contribution in [2.75, 3.05) is 7.11 Å². The van der Waals surface area contributed by atoms with E-state index in [-0.39, 0.29) is 5.78 Å². The highest BCUT2D eigenvalue weighted by atomic mass is 35.5. The Hall–Kier alpha value is -2.06. The Balaban J connectivity index is 2.11. The zero-order valence-electron chi connectivity index (χ0n) is 10.5. The standard InChI is InChI=1S/C16H13ClO2/c1-19-15-8-6-13(7-9-15)16(18)10-5-12-3-2-4-14(17)11-12/h2-11H,1H3. The van der Waals surface area contributed by atoms with Crippen molar-refractivity contribution in [1.82, 2.24) is 0 Å². The van der Waals surface area contributed by atoms with Crippen molar-refractivity contribution in [2.45, 2.75) is 0 Å². The molecule has 19 heavy (non-hydrogen) atoms. The topological polar surface area (TPSA) is 26.3 Å². The van der Waals surface area contributed by atoms with Crippen LogP contribution in [0.3, 0.4) is 0 Å². The number of carbonyl (C=O) groups is 1. The normalized spacial score (nSPS) is 10.6. The van der Waals surface area contributed by atoms with Gasteiger partial charge in [-0.1, -0.05) is 29.8 Å². The first-order valence-corrected chi connectivity index (χ1v) is 6.19. The lowest BCUT2D eigenvalue weighted by Gasteiger charge is -2.00. The Labute approximate surface area is 117 Å². The molecule has 0 atom stereocenters. The Kier molecular flexibility index (Phi) is 4.37. The number of ketones is 1. The smallest absolute Gasteiger partial charge is 0.185 e. The molecule has 0 fully saturated rings. The van der Waals surface area contributed by atoms with E-state index >= 15 is 0 Å². The van der Waals surface area contributed by atoms with E-state index in [2.05, 4.69) is 0 Å². The predicted molar refractivity (Wildman–Crippen MR) is 77.8 cm³/mol. The van der Waals surface area contributed by atoms with Gasteiger partial charge in [-0.3, -0.25) is 4.79 Å². The number of methoxy groups -OCH3 is 1. The summed E-state index contributed by atoms with van der Waals surface area (Å²) in [6, 6.07) is 14.3. The highest BCUT2D eigenvalue weighted by Gasteiger charge is 2.01. The van der Waals surface area contributed by atoms with Crippen molar-refractivity contribution < 1.29 is 9.53 Å². The van der Waals surface area contributed by atoms with Gasteiger partial charge in [-0.15, -0.1) is 0 Å². The fourth-order valence-electron chi connectivity index (χ4n) is 1.63. The van der Waals surface area contributed by atoms with Gasteiger partial charge in [0, 0.05) is 10.6 Å². The van der Waals surface area contributed by atoms with Crippen LogP contribution in [0.2, 0.25) is 5.02 Å². The molecule has 0 aliphatic rings. The molecule has 0 aliphatic heterocycles. The van der Waals surface area contributed by atoms with Crippen molar-refractivity contribution >= 4 is 23.5 Å². The van der Waals surface area contributed by atoms with Crippen molar-refractivity contribution in [3.63, 3.8) is 0 Å². The number of allylic oxidation sites excluding steroid dienone is 1. The molecule has 3 heteroatoms. The second-order valence-corrected chi connectivity index (χ2v) is 4.42. The maximum Gasteiger partial charge on any atom is 0.185 e. The first kappa shape index (κ1) is 13.4. The Morgan fingerprint density at radius 2 is 1.89 bits per heavy atom. The number of rotatable bonds is 4. The molecular formula is C16H13ClO2. The van der Waals surface area contributed by atoms with Gasteiger partial charge in [0.2, 0.25) is 0 Å². The van der Waals surface area contributed by atoms with Gasteiger partial charge in [0.1, 0.15) is 5.75 Å². The third-order valence-electron chi connectivity index (χ3n) is 2.65. The summed E-state index contributed by atoms with van der Waals surface area (Å²) in [6.07, 6.45) is 3.28. The number of ether oxygens (including phenoxy) is 1. The number of hydrogen-bond donors (Lipinski definition) is 0. The fraction of sp³-hybridized carbons (Fsp3) is 0.0625. The Morgan fingerprint density at radius 3 is 2.53 bits per heavy atom. The van der Waals surface area contributed by atoms with Gasteiger partial charge in [0.25, 0.3) is 0 Å². The lowest BCUT2D eigenvalue weighted by molar-refractivity contribution is 0.104. The number of halogens is 1. The molecule has 2 aromatic carbocycles. The first-order chi connectivity index (χ1) is 9.19. The van der Waals surface area contributed by atoms with Crippen LogP contribution in [0.25, 0.3) is 6.08 Å². The predicted octanol–water partition coefficient (Wildman–Crippen LogP) is 4.24. The lowest BCUT2D eigenvalue weighted by atomic mass is 10.1. The van der Waals surface area contributed by atoms with E-state index in [4.69, 9.17) is 16.3 Å². The summed E-state index contributed by atoms with van der Waals surface area (Å²) in [6.45, 7) is 0. The third-order valence-corrected chi connectivity index (χ3v) is 2.89. The largest absolute Gasteiger partial charge is 0.497 e. The monoisotopic (exact) mass is 272 g/mol. The molecule has 0 saturated heterocycles. The highest BCUT2D eigenvalue weighted by Crippen LogP contribution is 2.14. The summed E-state index contributed by atoms with van der Waals surface area (Å²) < 4.78 is 5.05. The maximum atomic E-state index is 11.9. The van der Waals surface area contributed by atoms with Crippen LogP contribution in [0, 0.1) is 0 Å². The van der Waals surface area contributed by atoms with E-state index in [0.717, 1.165) is 11.3 Å². The third kappa shape index (κ3) is 3.70. The quantitative estimate of drug-likeness (QED) is 0.614. The summed E-state index contributed by atoms with van der Waals surface area (Å²) in [5, 5.41) is 0.652. The minimum absolute atomic E-state index is 0.0531. The molecule has 2 nitrogen and oxygen atoms in total. The molecule has 0 unspecified atom stereocenters. The zero-order chi connectivity index (χ0) is 13.7. The van der Waals surface area contributed by atoms with Crippen molar-refractivity contribution in [3.8, 4) is 5.75 Å². The van der Waals surface area contributed by atoms with Crippen LogP contribution in [0.15, 0.2) is 54.6 Å². The van der Waals surface area contributed by atoms with Gasteiger partial charge >= 0.3 is 0 Å². The molecule has 0 heterocycles. The van der Waals surface area contributed by atoms with Crippen molar-refractivity contribution in [1.29, 1.82) is 0 Å². The molecular weight excluding hydrogens is 260 g/mol. The van der Waals surface area contributed by atoms with E-state index in [0.29, 0.717) is 10.6 Å². The van der Waals surface area contributed by atoms with Gasteiger partial charge in [-0.2, -0.15) is 0 Å². The molecule has 2 rings (SSSR count). The summed E-state index contributed by atoms with van der Waals surface area (Å²) in [5.41, 5.74) is 1.52. The number of carbonyl (C=O) groups excluding carboxylic acids is 1. The van der Waals surface area contributed by atoms with E-state index in [1.54, 1.807) is 49.6 Å². The Morgan fingerprint density at radius 1 is 1.16 bits per heavy atom. The van der Waals surface area contributed by atoms with Crippen LogP contribution in [0.1, 0.15) is 15.9 Å². The lowest BCUT2D eigenvalue weighted by Crippen LogP contribution is -1.94. The molecule has 0 radical (unpaired) electrons. The second-order valence-electron chi connectivity index (χ2n) is 3.98. The van der Waals surface area contributed by atoms with Gasteiger partial charge in [-0.05, 0) is 48.0 Å². The summed E-state index contributed by atoms with van der Waals surface area (Å²) in [7, 11) is 1.59. The van der Waals surface area contributed by atoms with Crippen LogP contribution >= 0.6 is 11.6 Å². The fourth-order valence-corrected chi connectivity index (χ4v) is 1.83. The van der Waals surface area contributed by atoms with Gasteiger partial charge < -0.3 is 4.74 Å². The van der Waals surface area contributed by atoms with Crippen LogP contribution in [0.4, 0.5) is 0 Å². The average molecular weight is 273 g/mol. The summed E-state index contributed by atoms with van der Waals surface area (Å²) in [4.78, 5) is 11.9. The first-order valence-electron chi connectivity index (χ1n) is 5.81. The molecule has 0 aliphatic carbocycles. The van der Waals surface area contributed by atoms with Crippen LogP contribution in [-0.2, 0) is 0 Å². The van der Waals surface area contributed by atoms with Crippen LogP contribution in [0.5, 0.6) is 5.75 Å². The van der Waals surface area contributed by atoms with Crippen molar-refractivity contribution in [3.05, 3.63) is 70.8 Å². The molecule has 96 valence electrons. The molecule has 2 aromatic rings. The highest BCUT2D eigenvalue weighted by molar-refractivity contribution is 6.30. The maximum absolute atomic E-state index is 11.9. The summed E-state index contributed by atoms with van der Waals surface area (Å²) in [5.74, 6) is 0.679. The second kappa shape index (κ2) is 6.21. The average Bonchev–Trinajstić information content (AvgIpc) is 2.45. The van der Waals surface area contributed by atoms with E-state index in [1.807, 2.05) is 12.1 Å². The molecule has 0 saturated carbocycles. The van der Waals surface area contributed by atoms with Gasteiger partial charge in [-0.25, -0.2) is 0 Å². The molecule has 0 spiro atoms. The number of benzene rings is 2. The van der Waals surface area contributed by atoms with Gasteiger partial charge in [0.05, 0.1) is 7.11 Å². The minimum Gasteiger partial charge on any atom is -0.497 e. The van der Waals surface area contributed by atoms with E-state index in [9.17, 15) is 4.79 Å². The van der Waals surface area contributed by atoms with E-state index < -0.39 is 0 Å². The van der Waals surface area contributed by atoms with Crippen LogP contribution < -0.4 is 4.74 Å². The Bertz CT molecular complexity index is 600. The van der Waals surface area contributed by atoms with Crippen LogP contribution in [-0.4, -0.2) is 12.9 Å². The summed E-state index contributed by atoms with van der Waals surface area (Å²) >= 11 is 5.88. The van der Waals surface area contributed by atoms with Gasteiger partial charge in [0.15, 0.2) is 5.78 Å². The number of hydrogen-bond acceptors (Lipinski definition) is 2. The zero-order valence-corrected chi connectivity index (χ0v) is 11.2. The molecule has 0 amide bonds. The SMILES string of the molecule is COc1ccc(C(=O)C=Cc2cccc(Cl)c2)cc1. The molecule has 0 aromatic heterocycles. The van der Waals surface area contributed by atoms with E-state index in [1.165, 1.54) is 6.08 Å². The molecule has 0 N–H and O–H groups in total. The molecule has 0 bridgehead atoms.